The van der Waals surface area contributed by atoms with Crippen molar-refractivity contribution in [2.45, 2.75) is 69.7 Å². The topological polar surface area (TPSA) is 179 Å². The first-order valence-corrected chi connectivity index (χ1v) is 24.0. The molecule has 2 aromatic heterocycles. The molecule has 3 N–H and O–H groups in total. The van der Waals surface area contributed by atoms with Crippen molar-refractivity contribution in [1.82, 2.24) is 19.7 Å². The SMILES string of the molecule is CCC(C)(C)C(=O)SCCOP(=O)(NCc1ccccc1)OC[C@H]1O[C@@](C#N)(c2ccc3c(NC(c4ccccc4)(c4ccc(OC)cc4)c4ccc(OC)cc4)ncnn23)[C@](C)(F)[C@@H]1O. The Morgan fingerprint density at radius 3 is 2.09 bits per heavy atom. The normalized spacial score (nSPS) is 20.7. The summed E-state index contributed by atoms with van der Waals surface area (Å²) < 4.78 is 61.9. The van der Waals surface area contributed by atoms with Crippen molar-refractivity contribution in [2.24, 2.45) is 5.41 Å². The molecule has 0 saturated carbocycles. The molecule has 1 fully saturated rings. The summed E-state index contributed by atoms with van der Waals surface area (Å²) in [5.41, 5.74) is -3.25. The quantitative estimate of drug-likeness (QED) is 0.0375. The van der Waals surface area contributed by atoms with E-state index in [9.17, 15) is 19.7 Å². The lowest BCUT2D eigenvalue weighted by molar-refractivity contribution is -0.118. The number of methoxy groups -OCH3 is 2. The van der Waals surface area contributed by atoms with Crippen LogP contribution in [0.5, 0.6) is 11.5 Å². The second-order valence-electron chi connectivity index (χ2n) is 16.6. The maximum Gasteiger partial charge on any atom is 0.405 e. The van der Waals surface area contributed by atoms with Gasteiger partial charge in [0, 0.05) is 17.7 Å². The number of rotatable bonds is 20. The number of aliphatic hydroxyl groups is 1. The molecule has 17 heteroatoms. The lowest BCUT2D eigenvalue weighted by Gasteiger charge is -2.37. The fourth-order valence-corrected chi connectivity index (χ4v) is 10.2. The van der Waals surface area contributed by atoms with Crippen molar-refractivity contribution >= 4 is 36.0 Å². The van der Waals surface area contributed by atoms with Crippen molar-refractivity contribution < 1.29 is 42.1 Å². The van der Waals surface area contributed by atoms with Crippen LogP contribution in [0.25, 0.3) is 5.52 Å². The van der Waals surface area contributed by atoms with Crippen LogP contribution in [0.3, 0.4) is 0 Å². The summed E-state index contributed by atoms with van der Waals surface area (Å²) in [7, 11) is -0.998. The summed E-state index contributed by atoms with van der Waals surface area (Å²) >= 11 is 1.07. The fourth-order valence-electron chi connectivity index (χ4n) is 7.87. The molecule has 1 saturated heterocycles. The number of carbonyl (C=O) groups excluding carboxylic acids is 1. The Hall–Kier alpha value is -5.63. The molecule has 5 atom stereocenters. The minimum absolute atomic E-state index is 0.0322. The standard InChI is InChI=1S/C49H54FN6O8PS/c1-7-46(2,3)45(58)66-29-28-62-65(59,54-30-34-14-10-8-11-15-34)63-31-41-43(57)47(4,50)48(32-51,64-41)42-27-26-40-44(52-33-53-56(40)42)55-49(35-16-12-9-13-17-35,36-18-22-38(60-5)23-19-36)37-20-24-39(61-6)25-21-37/h8-27,33,41,43,57H,7,28-31H2,1-6H3,(H,54,59)(H,52,53,55)/t41-,43-,47-,48+,65?/m1/s1. The molecule has 0 bridgehead atoms. The first-order valence-electron chi connectivity index (χ1n) is 21.4. The van der Waals surface area contributed by atoms with E-state index in [2.05, 4.69) is 15.5 Å². The van der Waals surface area contributed by atoms with Crippen molar-refractivity contribution in [3.63, 3.8) is 0 Å². The van der Waals surface area contributed by atoms with Crippen LogP contribution < -0.4 is 19.9 Å². The zero-order valence-electron chi connectivity index (χ0n) is 37.6. The van der Waals surface area contributed by atoms with Gasteiger partial charge in [0.15, 0.2) is 16.6 Å². The number of fused-ring (bicyclic) bond motifs is 1. The van der Waals surface area contributed by atoms with E-state index in [0.717, 1.165) is 40.9 Å². The summed E-state index contributed by atoms with van der Waals surface area (Å²) in [4.78, 5) is 17.4. The molecule has 0 amide bonds. The van der Waals surface area contributed by atoms with E-state index in [1.807, 2.05) is 136 Å². The van der Waals surface area contributed by atoms with Gasteiger partial charge in [0.05, 0.1) is 33.1 Å². The third-order valence-electron chi connectivity index (χ3n) is 12.2. The number of aromatic nitrogens is 3. The summed E-state index contributed by atoms with van der Waals surface area (Å²) in [6.07, 6.45) is -1.51. The highest BCUT2D eigenvalue weighted by Gasteiger charge is 2.67. The maximum atomic E-state index is 17.4. The smallest absolute Gasteiger partial charge is 0.405 e. The number of nitrogens with zero attached hydrogens (tertiary/aromatic N) is 4. The molecule has 0 aliphatic carbocycles. The van der Waals surface area contributed by atoms with Crippen LogP contribution in [-0.2, 0) is 40.8 Å². The Labute approximate surface area is 388 Å². The van der Waals surface area contributed by atoms with Crippen LogP contribution in [0.15, 0.2) is 128 Å². The number of anilines is 1. The minimum atomic E-state index is -4.19. The predicted molar refractivity (Wildman–Crippen MR) is 251 cm³/mol. The van der Waals surface area contributed by atoms with Crippen molar-refractivity contribution in [2.75, 3.05) is 38.5 Å². The lowest BCUT2D eigenvalue weighted by atomic mass is 9.77. The monoisotopic (exact) mass is 936 g/mol. The summed E-state index contributed by atoms with van der Waals surface area (Å²) in [6.45, 7) is 6.04. The first-order chi connectivity index (χ1) is 31.7. The van der Waals surface area contributed by atoms with Crippen LogP contribution in [0.4, 0.5) is 10.2 Å². The first kappa shape index (κ1) is 48.3. The molecule has 7 rings (SSSR count). The Balaban J connectivity index is 1.21. The second-order valence-corrected chi connectivity index (χ2v) is 19.5. The van der Waals surface area contributed by atoms with Gasteiger partial charge < -0.3 is 24.6 Å². The molecule has 6 aromatic rings. The van der Waals surface area contributed by atoms with Crippen LogP contribution in [-0.4, -0.2) is 75.9 Å². The van der Waals surface area contributed by atoms with E-state index in [0.29, 0.717) is 29.3 Å². The van der Waals surface area contributed by atoms with Crippen LogP contribution in [0.2, 0.25) is 0 Å². The van der Waals surface area contributed by atoms with E-state index in [1.54, 1.807) is 20.3 Å². The maximum absolute atomic E-state index is 17.4. The lowest BCUT2D eigenvalue weighted by Crippen LogP contribution is -2.48. The van der Waals surface area contributed by atoms with Gasteiger partial charge in [0.2, 0.25) is 5.60 Å². The Kier molecular flexibility index (Phi) is 14.7. The molecule has 14 nitrogen and oxygen atoms in total. The van der Waals surface area contributed by atoms with Gasteiger partial charge in [-0.15, -0.1) is 0 Å². The third-order valence-corrected chi connectivity index (χ3v) is 14.9. The number of nitriles is 1. The minimum Gasteiger partial charge on any atom is -0.497 e. The van der Waals surface area contributed by atoms with Crippen LogP contribution >= 0.6 is 19.5 Å². The molecule has 3 heterocycles. The Bertz CT molecular complexity index is 2640. The van der Waals surface area contributed by atoms with Crippen molar-refractivity contribution in [3.05, 3.63) is 156 Å². The number of ether oxygens (including phenoxy) is 3. The van der Waals surface area contributed by atoms with Gasteiger partial charge in [0.25, 0.3) is 0 Å². The van der Waals surface area contributed by atoms with Crippen LogP contribution in [0, 0.1) is 16.7 Å². The zero-order valence-corrected chi connectivity index (χ0v) is 39.4. The van der Waals surface area contributed by atoms with Crippen molar-refractivity contribution in [3.8, 4) is 17.6 Å². The average Bonchev–Trinajstić information content (AvgIpc) is 3.87. The number of hydrogen-bond acceptors (Lipinski definition) is 13. The summed E-state index contributed by atoms with van der Waals surface area (Å²) in [6, 6.07) is 39.4. The van der Waals surface area contributed by atoms with Gasteiger partial charge in [-0.05, 0) is 72.0 Å². The van der Waals surface area contributed by atoms with Gasteiger partial charge in [-0.1, -0.05) is 117 Å². The number of hydrogen-bond donors (Lipinski definition) is 3. The zero-order chi connectivity index (χ0) is 47.2. The Morgan fingerprint density at radius 1 is 0.924 bits per heavy atom. The molecule has 1 aliphatic heterocycles. The highest BCUT2D eigenvalue weighted by Crippen LogP contribution is 2.52. The van der Waals surface area contributed by atoms with E-state index in [4.69, 9.17) is 28.2 Å². The highest BCUT2D eigenvalue weighted by molar-refractivity contribution is 8.13. The fraction of sp³-hybridized carbons (Fsp3) is 0.347. The molecule has 0 spiro atoms. The van der Waals surface area contributed by atoms with E-state index >= 15 is 4.39 Å². The van der Waals surface area contributed by atoms with Crippen LogP contribution in [0.1, 0.15) is 62.1 Å². The molecular weight excluding hydrogens is 883 g/mol. The summed E-state index contributed by atoms with van der Waals surface area (Å²) in [5.74, 6) is 1.83. The number of nitrogens with one attached hydrogen (secondary N) is 2. The molecular formula is C49H54FN6O8PS. The van der Waals surface area contributed by atoms with E-state index < -0.39 is 48.8 Å². The molecule has 66 heavy (non-hydrogen) atoms. The largest absolute Gasteiger partial charge is 0.497 e. The number of carbonyl (C=O) groups is 1. The number of alkyl halides is 1. The second kappa shape index (κ2) is 20.1. The predicted octanol–water partition coefficient (Wildman–Crippen LogP) is 8.98. The van der Waals surface area contributed by atoms with Crippen molar-refractivity contribution in [1.29, 1.82) is 5.26 Å². The highest BCUT2D eigenvalue weighted by atomic mass is 32.2. The Morgan fingerprint density at radius 2 is 1.52 bits per heavy atom. The van der Waals surface area contributed by atoms with E-state index in [1.165, 1.54) is 16.9 Å². The molecule has 1 aliphatic rings. The third kappa shape index (κ3) is 9.48. The number of aliphatic hydroxyl groups excluding tert-OH is 1. The van der Waals surface area contributed by atoms with Gasteiger partial charge in [0.1, 0.15) is 47.2 Å². The molecule has 1 unspecified atom stereocenters. The average molecular weight is 937 g/mol. The number of thioether (sulfide) groups is 1. The van der Waals surface area contributed by atoms with Gasteiger partial charge in [-0.2, -0.15) is 10.4 Å². The number of halogens is 1. The van der Waals surface area contributed by atoms with Gasteiger partial charge >= 0.3 is 7.75 Å². The summed E-state index contributed by atoms with van der Waals surface area (Å²) in [5, 5.41) is 33.5. The van der Waals surface area contributed by atoms with Gasteiger partial charge in [-0.25, -0.2) is 23.5 Å². The molecule has 346 valence electrons. The number of benzene rings is 4. The molecule has 0 radical (unpaired) electrons. The molecule has 4 aromatic carbocycles. The van der Waals surface area contributed by atoms with Gasteiger partial charge in [-0.3, -0.25) is 13.8 Å². The van der Waals surface area contributed by atoms with E-state index in [-0.39, 0.29) is 29.7 Å².